The number of thiocarbonyl (C=S) groups is 1. The largest absolute Gasteiger partial charge is 0.366 e. The van der Waals surface area contributed by atoms with Crippen molar-refractivity contribution in [3.8, 4) is 0 Å². The Morgan fingerprint density at radius 3 is 2.64 bits per heavy atom. The van der Waals surface area contributed by atoms with Crippen LogP contribution in [-0.4, -0.2) is 29.7 Å². The molecule has 0 unspecified atom stereocenters. The molecule has 1 rings (SSSR count). The molecule has 0 bridgehead atoms. The zero-order valence-corrected chi connectivity index (χ0v) is 8.36. The van der Waals surface area contributed by atoms with Crippen molar-refractivity contribution in [2.75, 3.05) is 18.6 Å². The van der Waals surface area contributed by atoms with Crippen LogP contribution < -0.4 is 10.6 Å². The molecule has 1 aliphatic heterocycles. The second-order valence-corrected chi connectivity index (χ2v) is 4.24. The van der Waals surface area contributed by atoms with Crippen molar-refractivity contribution in [3.05, 3.63) is 0 Å². The van der Waals surface area contributed by atoms with Gasteiger partial charge in [-0.3, -0.25) is 0 Å². The van der Waals surface area contributed by atoms with E-state index < -0.39 is 0 Å². The summed E-state index contributed by atoms with van der Waals surface area (Å²) in [7, 11) is 1.85. The van der Waals surface area contributed by atoms with Crippen molar-refractivity contribution in [1.82, 2.24) is 10.6 Å². The minimum absolute atomic E-state index is 0.608. The molecule has 0 aliphatic carbocycles. The summed E-state index contributed by atoms with van der Waals surface area (Å²) >= 11 is 7.04. The first kappa shape index (κ1) is 9.13. The lowest BCUT2D eigenvalue weighted by Gasteiger charge is -2.23. The first-order chi connectivity index (χ1) is 5.33. The molecule has 4 heteroatoms. The second-order valence-electron chi connectivity index (χ2n) is 2.61. The number of hydrogen-bond donors (Lipinski definition) is 2. The molecule has 0 aromatic heterocycles. The molecule has 0 aromatic carbocycles. The van der Waals surface area contributed by atoms with Gasteiger partial charge in [0, 0.05) is 13.1 Å². The first-order valence-electron chi connectivity index (χ1n) is 3.89. The summed E-state index contributed by atoms with van der Waals surface area (Å²) in [5.41, 5.74) is 0. The quantitative estimate of drug-likeness (QED) is 0.602. The molecule has 1 saturated heterocycles. The maximum atomic E-state index is 5.01. The van der Waals surface area contributed by atoms with Gasteiger partial charge in [0.1, 0.15) is 0 Å². The van der Waals surface area contributed by atoms with E-state index in [2.05, 4.69) is 10.6 Å². The summed E-state index contributed by atoms with van der Waals surface area (Å²) < 4.78 is 0. The number of hydrogen-bond acceptors (Lipinski definition) is 2. The van der Waals surface area contributed by atoms with Crippen LogP contribution in [0.5, 0.6) is 0 Å². The fraction of sp³-hybridized carbons (Fsp3) is 0.857. The Labute approximate surface area is 77.5 Å². The van der Waals surface area contributed by atoms with Crippen LogP contribution >= 0.6 is 24.0 Å². The Kier molecular flexibility index (Phi) is 4.01. The van der Waals surface area contributed by atoms with Gasteiger partial charge in [0.15, 0.2) is 5.11 Å². The van der Waals surface area contributed by atoms with Gasteiger partial charge in [-0.25, -0.2) is 0 Å². The van der Waals surface area contributed by atoms with E-state index in [1.807, 2.05) is 18.8 Å². The van der Waals surface area contributed by atoms with Gasteiger partial charge >= 0.3 is 0 Å². The summed E-state index contributed by atoms with van der Waals surface area (Å²) in [5.74, 6) is 2.54. The standard InChI is InChI=1S/C7H14N2S2/c1-8-7(10)9-6-2-4-11-5-3-6/h6H,2-5H2,1H3,(H2,8,9,10). The molecule has 0 atom stereocenters. The lowest BCUT2D eigenvalue weighted by molar-refractivity contribution is 0.564. The highest BCUT2D eigenvalue weighted by molar-refractivity contribution is 7.99. The second kappa shape index (κ2) is 4.83. The zero-order valence-electron chi connectivity index (χ0n) is 6.72. The van der Waals surface area contributed by atoms with Gasteiger partial charge in [-0.1, -0.05) is 0 Å². The van der Waals surface area contributed by atoms with E-state index in [9.17, 15) is 0 Å². The van der Waals surface area contributed by atoms with Gasteiger partial charge in [-0.2, -0.15) is 11.8 Å². The Morgan fingerprint density at radius 1 is 1.45 bits per heavy atom. The molecule has 0 saturated carbocycles. The topological polar surface area (TPSA) is 24.1 Å². The van der Waals surface area contributed by atoms with Crippen molar-refractivity contribution < 1.29 is 0 Å². The van der Waals surface area contributed by atoms with E-state index in [1.165, 1.54) is 24.3 Å². The highest BCUT2D eigenvalue weighted by Crippen LogP contribution is 2.16. The normalized spacial score (nSPS) is 19.4. The molecule has 1 heterocycles. The van der Waals surface area contributed by atoms with Crippen molar-refractivity contribution in [2.45, 2.75) is 18.9 Å². The van der Waals surface area contributed by atoms with Crippen LogP contribution in [0, 0.1) is 0 Å². The molecular formula is C7H14N2S2. The Bertz CT molecular complexity index is 132. The van der Waals surface area contributed by atoms with Gasteiger partial charge in [0.25, 0.3) is 0 Å². The van der Waals surface area contributed by atoms with Crippen LogP contribution in [-0.2, 0) is 0 Å². The van der Waals surface area contributed by atoms with Gasteiger partial charge in [0.05, 0.1) is 0 Å². The predicted octanol–water partition coefficient (Wildman–Crippen LogP) is 0.976. The number of rotatable bonds is 1. The zero-order chi connectivity index (χ0) is 8.10. The predicted molar refractivity (Wildman–Crippen MR) is 55.1 cm³/mol. The highest BCUT2D eigenvalue weighted by Gasteiger charge is 2.13. The molecule has 11 heavy (non-hydrogen) atoms. The fourth-order valence-corrected chi connectivity index (χ4v) is 2.37. The lowest BCUT2D eigenvalue weighted by Crippen LogP contribution is -2.41. The molecule has 0 aromatic rings. The molecule has 64 valence electrons. The number of thioether (sulfide) groups is 1. The average molecular weight is 190 g/mol. The van der Waals surface area contributed by atoms with Crippen molar-refractivity contribution in [3.63, 3.8) is 0 Å². The average Bonchev–Trinajstić information content (AvgIpc) is 2.06. The van der Waals surface area contributed by atoms with Crippen LogP contribution in [0.1, 0.15) is 12.8 Å². The van der Waals surface area contributed by atoms with E-state index in [0.717, 1.165) is 5.11 Å². The van der Waals surface area contributed by atoms with Gasteiger partial charge < -0.3 is 10.6 Å². The lowest BCUT2D eigenvalue weighted by atomic mass is 10.2. The minimum atomic E-state index is 0.608. The summed E-state index contributed by atoms with van der Waals surface area (Å²) in [6.45, 7) is 0. The van der Waals surface area contributed by atoms with Crippen molar-refractivity contribution in [1.29, 1.82) is 0 Å². The Morgan fingerprint density at radius 2 is 2.09 bits per heavy atom. The van der Waals surface area contributed by atoms with Crippen LogP contribution in [0.2, 0.25) is 0 Å². The van der Waals surface area contributed by atoms with Crippen LogP contribution in [0.15, 0.2) is 0 Å². The summed E-state index contributed by atoms with van der Waals surface area (Å²) in [6.07, 6.45) is 2.49. The third kappa shape index (κ3) is 3.29. The monoisotopic (exact) mass is 190 g/mol. The van der Waals surface area contributed by atoms with Crippen molar-refractivity contribution >= 4 is 29.1 Å². The smallest absolute Gasteiger partial charge is 0.166 e. The number of nitrogens with one attached hydrogen (secondary N) is 2. The summed E-state index contributed by atoms with van der Waals surface area (Å²) in [4.78, 5) is 0. The van der Waals surface area contributed by atoms with Gasteiger partial charge in [-0.15, -0.1) is 0 Å². The third-order valence-corrected chi connectivity index (χ3v) is 3.15. The van der Waals surface area contributed by atoms with Gasteiger partial charge in [-0.05, 0) is 36.6 Å². The van der Waals surface area contributed by atoms with Crippen molar-refractivity contribution in [2.24, 2.45) is 0 Å². The molecule has 1 fully saturated rings. The highest BCUT2D eigenvalue weighted by atomic mass is 32.2. The maximum Gasteiger partial charge on any atom is 0.166 e. The molecular weight excluding hydrogens is 176 g/mol. The summed E-state index contributed by atoms with van der Waals surface area (Å²) in [5, 5.41) is 6.98. The fourth-order valence-electron chi connectivity index (χ4n) is 1.10. The maximum absolute atomic E-state index is 5.01. The van der Waals surface area contributed by atoms with Gasteiger partial charge in [0.2, 0.25) is 0 Å². The van der Waals surface area contributed by atoms with E-state index in [4.69, 9.17) is 12.2 Å². The molecule has 2 N–H and O–H groups in total. The Balaban J connectivity index is 2.19. The van der Waals surface area contributed by atoms with Crippen LogP contribution in [0.3, 0.4) is 0 Å². The summed E-state index contributed by atoms with van der Waals surface area (Å²) in [6, 6.07) is 0.608. The minimum Gasteiger partial charge on any atom is -0.366 e. The van der Waals surface area contributed by atoms with Crippen LogP contribution in [0.25, 0.3) is 0 Å². The SMILES string of the molecule is CNC(=S)NC1CCSCC1. The van der Waals surface area contributed by atoms with E-state index in [-0.39, 0.29) is 0 Å². The molecule has 1 aliphatic rings. The Hall–Kier alpha value is 0.0400. The first-order valence-corrected chi connectivity index (χ1v) is 5.45. The third-order valence-electron chi connectivity index (χ3n) is 1.78. The molecule has 0 amide bonds. The molecule has 0 radical (unpaired) electrons. The van der Waals surface area contributed by atoms with Crippen LogP contribution in [0.4, 0.5) is 0 Å². The molecule has 2 nitrogen and oxygen atoms in total. The molecule has 0 spiro atoms. The van der Waals surface area contributed by atoms with E-state index in [1.54, 1.807) is 0 Å². The van der Waals surface area contributed by atoms with E-state index in [0.29, 0.717) is 6.04 Å². The van der Waals surface area contributed by atoms with E-state index >= 15 is 0 Å².